The maximum Gasteiger partial charge on any atom is 0.308 e. The number of primary amides is 1. The van der Waals surface area contributed by atoms with Gasteiger partial charge in [0.15, 0.2) is 0 Å². The number of amides is 2. The summed E-state index contributed by atoms with van der Waals surface area (Å²) in [7, 11) is 0. The van der Waals surface area contributed by atoms with Gasteiger partial charge in [-0.25, -0.2) is 0 Å². The van der Waals surface area contributed by atoms with Crippen molar-refractivity contribution in [2.24, 2.45) is 11.7 Å². The zero-order chi connectivity index (χ0) is 17.7. The maximum atomic E-state index is 12.4. The van der Waals surface area contributed by atoms with Gasteiger partial charge in [-0.3, -0.25) is 19.2 Å². The molecule has 1 saturated carbocycles. The van der Waals surface area contributed by atoms with E-state index < -0.39 is 23.8 Å². The Morgan fingerprint density at radius 3 is 2.71 bits per heavy atom. The second-order valence-electron chi connectivity index (χ2n) is 5.87. The zero-order valence-electron chi connectivity index (χ0n) is 13.4. The average molecular weight is 332 g/mol. The number of nitrogens with two attached hydrogens (primary N) is 1. The van der Waals surface area contributed by atoms with Crippen molar-refractivity contribution in [3.05, 3.63) is 29.8 Å². The normalized spacial score (nSPS) is 18.5. The lowest BCUT2D eigenvalue weighted by molar-refractivity contribution is -0.132. The molecule has 1 fully saturated rings. The van der Waals surface area contributed by atoms with E-state index in [0.29, 0.717) is 19.3 Å². The van der Waals surface area contributed by atoms with E-state index in [-0.39, 0.29) is 29.4 Å². The van der Waals surface area contributed by atoms with E-state index in [0.717, 1.165) is 0 Å². The zero-order valence-corrected chi connectivity index (χ0v) is 13.4. The highest BCUT2D eigenvalue weighted by molar-refractivity contribution is 5.98. The number of ether oxygens (including phenoxy) is 1. The molecule has 0 saturated heterocycles. The summed E-state index contributed by atoms with van der Waals surface area (Å²) < 4.78 is 4.93. The van der Waals surface area contributed by atoms with Gasteiger partial charge in [0.05, 0.1) is 0 Å². The third-order valence-corrected chi connectivity index (χ3v) is 3.94. The van der Waals surface area contributed by atoms with Crippen LogP contribution >= 0.6 is 0 Å². The molecule has 1 aromatic carbocycles. The van der Waals surface area contributed by atoms with E-state index in [2.05, 4.69) is 5.32 Å². The van der Waals surface area contributed by atoms with Crippen LogP contribution in [0.3, 0.4) is 0 Å². The van der Waals surface area contributed by atoms with E-state index >= 15 is 0 Å². The summed E-state index contributed by atoms with van der Waals surface area (Å²) >= 11 is 0. The topological polar surface area (TPSA) is 116 Å². The van der Waals surface area contributed by atoms with E-state index in [1.807, 2.05) is 0 Å². The summed E-state index contributed by atoms with van der Waals surface area (Å²) in [6.45, 7) is 1.26. The minimum absolute atomic E-state index is 0.0728. The van der Waals surface area contributed by atoms with Gasteiger partial charge >= 0.3 is 5.97 Å². The van der Waals surface area contributed by atoms with Crippen molar-refractivity contribution in [3.63, 3.8) is 0 Å². The number of carbonyl (C=O) groups excluding carboxylic acids is 4. The van der Waals surface area contributed by atoms with Crippen LogP contribution < -0.4 is 15.8 Å². The van der Waals surface area contributed by atoms with Crippen molar-refractivity contribution >= 4 is 23.6 Å². The van der Waals surface area contributed by atoms with Crippen molar-refractivity contribution in [2.45, 2.75) is 38.6 Å². The van der Waals surface area contributed by atoms with Crippen molar-refractivity contribution in [1.29, 1.82) is 0 Å². The fraction of sp³-hybridized carbons (Fsp3) is 0.412. The summed E-state index contributed by atoms with van der Waals surface area (Å²) in [4.78, 5) is 46.7. The molecule has 0 bridgehead atoms. The smallest absolute Gasteiger partial charge is 0.308 e. The number of hydrogen-bond acceptors (Lipinski definition) is 5. The summed E-state index contributed by atoms with van der Waals surface area (Å²) in [6.07, 6.45) is 2.08. The Morgan fingerprint density at radius 2 is 2.08 bits per heavy atom. The standard InChI is InChI=1S/C17H20N2O5/c1-10(20)24-14-7-3-5-12(9-14)17(23)19-15(16(18)22)11-4-2-6-13(21)8-11/h3,5,7,9,11,15H,2,4,6,8H2,1H3,(H2,18,22)(H,19,23)/t11-,15+/m0/s1. The van der Waals surface area contributed by atoms with E-state index in [1.165, 1.54) is 19.1 Å². The van der Waals surface area contributed by atoms with Gasteiger partial charge in [-0.15, -0.1) is 0 Å². The Hall–Kier alpha value is -2.70. The first kappa shape index (κ1) is 17.7. The summed E-state index contributed by atoms with van der Waals surface area (Å²) in [5.41, 5.74) is 5.64. The molecule has 7 heteroatoms. The lowest BCUT2D eigenvalue weighted by Gasteiger charge is -2.28. The summed E-state index contributed by atoms with van der Waals surface area (Å²) in [5.74, 6) is -1.65. The number of rotatable bonds is 5. The second-order valence-corrected chi connectivity index (χ2v) is 5.87. The fourth-order valence-corrected chi connectivity index (χ4v) is 2.86. The molecule has 7 nitrogen and oxygen atoms in total. The van der Waals surface area contributed by atoms with Crippen LogP contribution in [-0.4, -0.2) is 29.6 Å². The van der Waals surface area contributed by atoms with Gasteiger partial charge in [0.2, 0.25) is 5.91 Å². The molecular weight excluding hydrogens is 312 g/mol. The van der Waals surface area contributed by atoms with Crippen LogP contribution in [0.25, 0.3) is 0 Å². The fourth-order valence-electron chi connectivity index (χ4n) is 2.86. The van der Waals surface area contributed by atoms with Gasteiger partial charge < -0.3 is 15.8 Å². The van der Waals surface area contributed by atoms with Crippen molar-refractivity contribution in [2.75, 3.05) is 0 Å². The third-order valence-electron chi connectivity index (χ3n) is 3.94. The highest BCUT2D eigenvalue weighted by Crippen LogP contribution is 2.25. The number of esters is 1. The minimum Gasteiger partial charge on any atom is -0.427 e. The molecule has 2 rings (SSSR count). The number of benzene rings is 1. The van der Waals surface area contributed by atoms with E-state index in [9.17, 15) is 19.2 Å². The van der Waals surface area contributed by atoms with Crippen molar-refractivity contribution < 1.29 is 23.9 Å². The average Bonchev–Trinajstić information content (AvgIpc) is 2.51. The van der Waals surface area contributed by atoms with Crippen LogP contribution in [0.5, 0.6) is 5.75 Å². The quantitative estimate of drug-likeness (QED) is 0.615. The minimum atomic E-state index is -0.904. The molecule has 0 aliphatic heterocycles. The molecule has 1 aliphatic carbocycles. The predicted octanol–water partition coefficient (Wildman–Crippen LogP) is 0.955. The van der Waals surface area contributed by atoms with Gasteiger partial charge in [0.1, 0.15) is 17.6 Å². The van der Waals surface area contributed by atoms with E-state index in [4.69, 9.17) is 10.5 Å². The molecule has 128 valence electrons. The largest absolute Gasteiger partial charge is 0.427 e. The van der Waals surface area contributed by atoms with E-state index in [1.54, 1.807) is 12.1 Å². The third kappa shape index (κ3) is 4.65. The Balaban J connectivity index is 2.11. The van der Waals surface area contributed by atoms with Crippen LogP contribution in [0.4, 0.5) is 0 Å². The lowest BCUT2D eigenvalue weighted by Crippen LogP contribution is -2.50. The molecule has 2 amide bonds. The molecule has 3 N–H and O–H groups in total. The van der Waals surface area contributed by atoms with Crippen LogP contribution in [-0.2, 0) is 14.4 Å². The second kappa shape index (κ2) is 7.72. The highest BCUT2D eigenvalue weighted by Gasteiger charge is 2.32. The highest BCUT2D eigenvalue weighted by atomic mass is 16.5. The van der Waals surface area contributed by atoms with Crippen LogP contribution in [0, 0.1) is 5.92 Å². The molecular formula is C17H20N2O5. The lowest BCUT2D eigenvalue weighted by atomic mass is 9.82. The number of nitrogens with one attached hydrogen (secondary N) is 1. The van der Waals surface area contributed by atoms with Crippen molar-refractivity contribution in [1.82, 2.24) is 5.32 Å². The number of hydrogen-bond donors (Lipinski definition) is 2. The molecule has 1 aromatic rings. The molecule has 1 aliphatic rings. The van der Waals surface area contributed by atoms with Gasteiger partial charge in [-0.05, 0) is 37.0 Å². The van der Waals surface area contributed by atoms with Gasteiger partial charge in [0, 0.05) is 25.3 Å². The monoisotopic (exact) mass is 332 g/mol. The van der Waals surface area contributed by atoms with Crippen molar-refractivity contribution in [3.8, 4) is 5.75 Å². The number of Topliss-reactive ketones (excluding diaryl/α,β-unsaturated/α-hetero) is 1. The van der Waals surface area contributed by atoms with Crippen LogP contribution in [0.2, 0.25) is 0 Å². The molecule has 2 atom stereocenters. The SMILES string of the molecule is CC(=O)Oc1cccc(C(=O)N[C@@H](C(N)=O)[C@H]2CCCC(=O)C2)c1. The van der Waals surface area contributed by atoms with Gasteiger partial charge in [-0.2, -0.15) is 0 Å². The van der Waals surface area contributed by atoms with Gasteiger partial charge in [-0.1, -0.05) is 6.07 Å². The van der Waals surface area contributed by atoms with Crippen LogP contribution in [0.1, 0.15) is 43.0 Å². The maximum absolute atomic E-state index is 12.4. The first-order chi connectivity index (χ1) is 11.4. The molecule has 0 unspecified atom stereocenters. The van der Waals surface area contributed by atoms with Gasteiger partial charge in [0.25, 0.3) is 5.91 Å². The number of carbonyl (C=O) groups is 4. The number of ketones is 1. The molecule has 24 heavy (non-hydrogen) atoms. The Bertz CT molecular complexity index is 671. The Labute approximate surface area is 139 Å². The Morgan fingerprint density at radius 1 is 1.33 bits per heavy atom. The predicted molar refractivity (Wildman–Crippen MR) is 85.2 cm³/mol. The molecule has 0 radical (unpaired) electrons. The first-order valence-corrected chi connectivity index (χ1v) is 7.77. The van der Waals surface area contributed by atoms with Crippen LogP contribution in [0.15, 0.2) is 24.3 Å². The molecule has 0 aromatic heterocycles. The molecule has 0 spiro atoms. The first-order valence-electron chi connectivity index (χ1n) is 7.77. The summed E-state index contributed by atoms with van der Waals surface area (Å²) in [5, 5.41) is 2.60. The molecule has 0 heterocycles. The summed E-state index contributed by atoms with van der Waals surface area (Å²) in [6, 6.07) is 5.15. The Kier molecular flexibility index (Phi) is 5.68.